The molecule has 0 spiro atoms. The minimum atomic E-state index is -4.39. The third-order valence-corrected chi connectivity index (χ3v) is 4.82. The number of tetrazole rings is 1. The molecule has 1 amide bonds. The van der Waals surface area contributed by atoms with Crippen molar-refractivity contribution in [3.8, 4) is 11.6 Å². The zero-order valence-electron chi connectivity index (χ0n) is 15.1. The van der Waals surface area contributed by atoms with E-state index in [1.54, 1.807) is 18.2 Å². The summed E-state index contributed by atoms with van der Waals surface area (Å²) in [5, 5.41) is 14.6. The highest BCUT2D eigenvalue weighted by Gasteiger charge is 2.30. The summed E-state index contributed by atoms with van der Waals surface area (Å²) in [6.45, 7) is -0.184. The lowest BCUT2D eigenvalue weighted by Gasteiger charge is -2.07. The van der Waals surface area contributed by atoms with Gasteiger partial charge < -0.3 is 9.73 Å². The Morgan fingerprint density at radius 2 is 2.10 bits per heavy atom. The van der Waals surface area contributed by atoms with Crippen molar-refractivity contribution in [2.24, 2.45) is 0 Å². The van der Waals surface area contributed by atoms with Gasteiger partial charge in [0, 0.05) is 17.5 Å². The zero-order chi connectivity index (χ0) is 21.1. The average molecular weight is 434 g/mol. The van der Waals surface area contributed by atoms with E-state index in [2.05, 4.69) is 25.7 Å². The first-order valence-electron chi connectivity index (χ1n) is 8.59. The van der Waals surface area contributed by atoms with Crippen LogP contribution in [-0.4, -0.2) is 31.1 Å². The lowest BCUT2D eigenvalue weighted by molar-refractivity contribution is -0.137. The molecule has 12 heteroatoms. The summed E-state index contributed by atoms with van der Waals surface area (Å²) in [5.74, 6) is 0.268. The number of alkyl halides is 3. The van der Waals surface area contributed by atoms with E-state index in [0.29, 0.717) is 21.3 Å². The molecule has 3 heterocycles. The van der Waals surface area contributed by atoms with Crippen molar-refractivity contribution >= 4 is 22.4 Å². The van der Waals surface area contributed by atoms with Crippen molar-refractivity contribution in [2.75, 3.05) is 5.32 Å². The summed E-state index contributed by atoms with van der Waals surface area (Å²) >= 11 is 1.18. The zero-order valence-corrected chi connectivity index (χ0v) is 15.9. The number of furan rings is 1. The second-order valence-corrected chi connectivity index (χ2v) is 7.29. The number of aromatic nitrogens is 5. The van der Waals surface area contributed by atoms with Gasteiger partial charge in [-0.2, -0.15) is 18.0 Å². The highest BCUT2D eigenvalue weighted by atomic mass is 32.1. The Hall–Kier alpha value is -3.54. The molecule has 1 aromatic carbocycles. The van der Waals surface area contributed by atoms with Crippen LogP contribution in [0.3, 0.4) is 0 Å². The van der Waals surface area contributed by atoms with Gasteiger partial charge >= 0.3 is 6.18 Å². The summed E-state index contributed by atoms with van der Waals surface area (Å²) in [6, 6.07) is 8.46. The Morgan fingerprint density at radius 1 is 1.23 bits per heavy atom. The third kappa shape index (κ3) is 4.71. The van der Waals surface area contributed by atoms with Gasteiger partial charge in [-0.1, -0.05) is 18.2 Å². The van der Waals surface area contributed by atoms with Crippen molar-refractivity contribution in [3.63, 3.8) is 0 Å². The maximum absolute atomic E-state index is 12.8. The molecule has 154 valence electrons. The first kappa shape index (κ1) is 19.8. The molecule has 30 heavy (non-hydrogen) atoms. The number of thiazole rings is 1. The van der Waals surface area contributed by atoms with Crippen LogP contribution in [0.1, 0.15) is 16.0 Å². The number of nitrogens with zero attached hydrogens (tertiary/aromatic N) is 5. The molecule has 0 bridgehead atoms. The summed E-state index contributed by atoms with van der Waals surface area (Å²) in [5.41, 5.74) is -0.198. The number of nitrogens with one attached hydrogen (secondary N) is 1. The molecule has 4 aromatic rings. The molecule has 0 aliphatic carbocycles. The molecule has 0 fully saturated rings. The normalized spacial score (nSPS) is 11.6. The number of amides is 1. The van der Waals surface area contributed by atoms with Crippen molar-refractivity contribution < 1.29 is 22.4 Å². The second kappa shape index (κ2) is 8.06. The minimum Gasteiger partial charge on any atom is -0.461 e. The van der Waals surface area contributed by atoms with Gasteiger partial charge in [-0.15, -0.1) is 21.5 Å². The van der Waals surface area contributed by atoms with Gasteiger partial charge in [0.25, 0.3) is 0 Å². The fraction of sp³-hybridized carbons (Fsp3) is 0.167. The number of anilines is 1. The van der Waals surface area contributed by atoms with Gasteiger partial charge in [0.15, 0.2) is 10.9 Å². The maximum Gasteiger partial charge on any atom is 0.416 e. The Bertz CT molecular complexity index is 1150. The van der Waals surface area contributed by atoms with Crippen molar-refractivity contribution in [2.45, 2.75) is 19.1 Å². The van der Waals surface area contributed by atoms with Crippen LogP contribution < -0.4 is 5.32 Å². The summed E-state index contributed by atoms with van der Waals surface area (Å²) in [4.78, 5) is 18.1. The van der Waals surface area contributed by atoms with Crippen molar-refractivity contribution in [1.82, 2.24) is 25.2 Å². The fourth-order valence-corrected chi connectivity index (χ4v) is 3.47. The highest BCUT2D eigenvalue weighted by molar-refractivity contribution is 7.15. The summed E-state index contributed by atoms with van der Waals surface area (Å²) in [6.07, 6.45) is -1.13. The Balaban J connectivity index is 1.36. The van der Waals surface area contributed by atoms with E-state index in [-0.39, 0.29) is 18.8 Å². The van der Waals surface area contributed by atoms with Crippen LogP contribution in [0.2, 0.25) is 0 Å². The van der Waals surface area contributed by atoms with E-state index in [1.165, 1.54) is 29.9 Å². The molecule has 4 rings (SSSR count). The average Bonchev–Trinajstić information content (AvgIpc) is 3.43. The number of hydrogen-bond donors (Lipinski definition) is 1. The number of halogens is 3. The Labute approximate surface area is 171 Å². The molecule has 0 unspecified atom stereocenters. The van der Waals surface area contributed by atoms with Crippen molar-refractivity contribution in [1.29, 1.82) is 0 Å². The van der Waals surface area contributed by atoms with Crippen LogP contribution in [0.4, 0.5) is 18.3 Å². The molecular weight excluding hydrogens is 421 g/mol. The van der Waals surface area contributed by atoms with Crippen LogP contribution in [0.25, 0.3) is 11.6 Å². The van der Waals surface area contributed by atoms with Crippen LogP contribution >= 0.6 is 11.3 Å². The number of hydrogen-bond acceptors (Lipinski definition) is 7. The molecule has 0 saturated heterocycles. The molecule has 0 radical (unpaired) electrons. The van der Waals surface area contributed by atoms with E-state index in [1.807, 2.05) is 0 Å². The van der Waals surface area contributed by atoms with Crippen LogP contribution in [-0.2, 0) is 23.9 Å². The third-order valence-electron chi connectivity index (χ3n) is 3.91. The number of carbonyl (C=O) groups excluding carboxylic acids is 1. The summed E-state index contributed by atoms with van der Waals surface area (Å²) in [7, 11) is 0. The van der Waals surface area contributed by atoms with E-state index in [4.69, 9.17) is 4.42 Å². The number of rotatable bonds is 6. The standard InChI is InChI=1S/C18H13F3N6O2S/c19-18(20,21)12-4-1-3-11(7-12)8-13-9-22-17(30-13)23-15(28)10-27-25-16(24-26-27)14-5-2-6-29-14/h1-7,9H,8,10H2,(H,22,23,28). The quantitative estimate of drug-likeness (QED) is 0.498. The van der Waals surface area contributed by atoms with E-state index in [9.17, 15) is 18.0 Å². The lowest BCUT2D eigenvalue weighted by atomic mass is 10.1. The molecule has 8 nitrogen and oxygen atoms in total. The fourth-order valence-electron chi connectivity index (χ4n) is 2.61. The van der Waals surface area contributed by atoms with E-state index >= 15 is 0 Å². The predicted octanol–water partition coefficient (Wildman–Crippen LogP) is 3.64. The van der Waals surface area contributed by atoms with Crippen molar-refractivity contribution in [3.05, 3.63) is 64.9 Å². The Kier molecular flexibility index (Phi) is 5.31. The monoisotopic (exact) mass is 434 g/mol. The number of benzene rings is 1. The molecule has 1 N–H and O–H groups in total. The molecule has 0 aliphatic heterocycles. The van der Waals surface area contributed by atoms with Gasteiger partial charge in [-0.25, -0.2) is 4.98 Å². The number of carbonyl (C=O) groups is 1. The van der Waals surface area contributed by atoms with E-state index < -0.39 is 17.6 Å². The van der Waals surface area contributed by atoms with Gasteiger partial charge in [-0.05, 0) is 29.0 Å². The molecule has 3 aromatic heterocycles. The predicted molar refractivity (Wildman–Crippen MR) is 101 cm³/mol. The highest BCUT2D eigenvalue weighted by Crippen LogP contribution is 2.30. The van der Waals surface area contributed by atoms with Crippen LogP contribution in [0.15, 0.2) is 53.3 Å². The first-order chi connectivity index (χ1) is 14.4. The van der Waals surface area contributed by atoms with Gasteiger partial charge in [0.2, 0.25) is 11.7 Å². The van der Waals surface area contributed by atoms with Gasteiger partial charge in [0.1, 0.15) is 6.54 Å². The van der Waals surface area contributed by atoms with Crippen LogP contribution in [0.5, 0.6) is 0 Å². The maximum atomic E-state index is 12.8. The lowest BCUT2D eigenvalue weighted by Crippen LogP contribution is -2.20. The van der Waals surface area contributed by atoms with Gasteiger partial charge in [0.05, 0.1) is 11.8 Å². The summed E-state index contributed by atoms with van der Waals surface area (Å²) < 4.78 is 43.7. The minimum absolute atomic E-state index is 0.184. The molecule has 0 saturated carbocycles. The topological polar surface area (TPSA) is 98.7 Å². The largest absolute Gasteiger partial charge is 0.461 e. The first-order valence-corrected chi connectivity index (χ1v) is 9.41. The second-order valence-electron chi connectivity index (χ2n) is 6.18. The molecular formula is C18H13F3N6O2S. The Morgan fingerprint density at radius 3 is 2.87 bits per heavy atom. The molecule has 0 aliphatic rings. The van der Waals surface area contributed by atoms with E-state index in [0.717, 1.165) is 16.9 Å². The van der Waals surface area contributed by atoms with Crippen LogP contribution in [0, 0.1) is 0 Å². The smallest absolute Gasteiger partial charge is 0.416 e. The SMILES string of the molecule is O=C(Cn1nnc(-c2ccco2)n1)Nc1ncc(Cc2cccc(C(F)(F)F)c2)s1. The van der Waals surface area contributed by atoms with Gasteiger partial charge in [-0.3, -0.25) is 4.79 Å². The molecule has 0 atom stereocenters.